The first-order chi connectivity index (χ1) is 16.5. The second kappa shape index (κ2) is 10.2. The van der Waals surface area contributed by atoms with E-state index in [-0.39, 0.29) is 17.7 Å². The monoisotopic (exact) mass is 459 g/mol. The lowest BCUT2D eigenvalue weighted by Gasteiger charge is -2.34. The van der Waals surface area contributed by atoms with Gasteiger partial charge in [0.2, 0.25) is 5.91 Å². The maximum atomic E-state index is 13.1. The Labute approximate surface area is 196 Å². The number of amides is 2. The van der Waals surface area contributed by atoms with Crippen LogP contribution in [0.1, 0.15) is 42.2 Å². The molecule has 0 spiro atoms. The molecule has 9 heteroatoms. The van der Waals surface area contributed by atoms with Gasteiger partial charge in [0.25, 0.3) is 11.5 Å². The zero-order valence-electron chi connectivity index (χ0n) is 18.8. The Hall–Kier alpha value is -4.19. The van der Waals surface area contributed by atoms with Gasteiger partial charge in [0, 0.05) is 25.9 Å². The predicted octanol–water partition coefficient (Wildman–Crippen LogP) is 2.37. The number of fused-ring (bicyclic) bond motifs is 1. The van der Waals surface area contributed by atoms with Crippen LogP contribution in [0.25, 0.3) is 11.0 Å². The summed E-state index contributed by atoms with van der Waals surface area (Å²) in [6.45, 7) is 2.81. The molecule has 2 aromatic carbocycles. The van der Waals surface area contributed by atoms with Crippen LogP contribution < -0.4 is 15.6 Å². The number of para-hydroxylation sites is 2. The summed E-state index contributed by atoms with van der Waals surface area (Å²) < 4.78 is 5.98. The van der Waals surface area contributed by atoms with Crippen molar-refractivity contribution < 1.29 is 14.3 Å². The average molecular weight is 460 g/mol. The van der Waals surface area contributed by atoms with Crippen molar-refractivity contribution in [2.45, 2.75) is 38.3 Å². The van der Waals surface area contributed by atoms with Crippen molar-refractivity contribution in [3.63, 3.8) is 0 Å². The number of hydrogen-bond acceptors (Lipinski definition) is 6. The molecule has 2 heterocycles. The zero-order chi connectivity index (χ0) is 24.1. The maximum absolute atomic E-state index is 13.1. The van der Waals surface area contributed by atoms with Crippen LogP contribution in [-0.2, 0) is 4.79 Å². The van der Waals surface area contributed by atoms with Gasteiger partial charge in [0.05, 0.1) is 22.7 Å². The molecule has 174 valence electrons. The van der Waals surface area contributed by atoms with E-state index in [9.17, 15) is 14.4 Å². The number of likely N-dealkylation sites (tertiary alicyclic amines) is 1. The highest BCUT2D eigenvalue weighted by Crippen LogP contribution is 2.20. The first-order valence-electron chi connectivity index (χ1n) is 11.2. The number of rotatable bonds is 6. The molecule has 3 aromatic rings. The lowest BCUT2D eigenvalue weighted by molar-refractivity contribution is -0.135. The van der Waals surface area contributed by atoms with E-state index in [1.165, 1.54) is 0 Å². The second-order valence-electron chi connectivity index (χ2n) is 8.14. The van der Waals surface area contributed by atoms with E-state index in [1.54, 1.807) is 53.4 Å². The van der Waals surface area contributed by atoms with Crippen molar-refractivity contribution in [1.82, 2.24) is 20.2 Å². The minimum Gasteiger partial charge on any atom is -0.490 e. The van der Waals surface area contributed by atoms with Gasteiger partial charge in [-0.3, -0.25) is 14.4 Å². The van der Waals surface area contributed by atoms with Gasteiger partial charge < -0.3 is 19.9 Å². The van der Waals surface area contributed by atoms with Crippen LogP contribution in [0.15, 0.2) is 53.3 Å². The summed E-state index contributed by atoms with van der Waals surface area (Å²) in [7, 11) is 0. The SMILES string of the molecule is CC[C@H](NC(=O)c1nc2ccccc2[nH]c1=O)C(=O)N1CCC(Oc2ccc(C#N)cc2)CC1. The number of ether oxygens (including phenoxy) is 1. The Morgan fingerprint density at radius 3 is 2.59 bits per heavy atom. The Balaban J connectivity index is 1.35. The fourth-order valence-electron chi connectivity index (χ4n) is 3.96. The highest BCUT2D eigenvalue weighted by Gasteiger charge is 2.30. The summed E-state index contributed by atoms with van der Waals surface area (Å²) in [5, 5.41) is 11.6. The van der Waals surface area contributed by atoms with E-state index in [4.69, 9.17) is 10.00 Å². The molecule has 2 N–H and O–H groups in total. The molecule has 0 saturated carbocycles. The van der Waals surface area contributed by atoms with E-state index < -0.39 is 17.5 Å². The van der Waals surface area contributed by atoms with Crippen molar-refractivity contribution in [1.29, 1.82) is 5.26 Å². The van der Waals surface area contributed by atoms with E-state index in [1.807, 2.05) is 6.92 Å². The topological polar surface area (TPSA) is 128 Å². The molecule has 0 radical (unpaired) electrons. The molecule has 0 unspecified atom stereocenters. The predicted molar refractivity (Wildman–Crippen MR) is 125 cm³/mol. The van der Waals surface area contributed by atoms with Crippen molar-refractivity contribution in [3.05, 3.63) is 70.1 Å². The minimum atomic E-state index is -0.754. The number of hydrogen-bond donors (Lipinski definition) is 2. The molecular formula is C25H25N5O4. The number of piperidine rings is 1. The quantitative estimate of drug-likeness (QED) is 0.582. The van der Waals surface area contributed by atoms with Crippen LogP contribution in [0.5, 0.6) is 5.75 Å². The summed E-state index contributed by atoms with van der Waals surface area (Å²) in [5.41, 5.74) is 0.745. The highest BCUT2D eigenvalue weighted by atomic mass is 16.5. The first kappa shape index (κ1) is 23.0. The molecule has 9 nitrogen and oxygen atoms in total. The molecule has 4 rings (SSSR count). The molecule has 1 aliphatic heterocycles. The number of aromatic amines is 1. The minimum absolute atomic E-state index is 0.0352. The Morgan fingerprint density at radius 2 is 1.91 bits per heavy atom. The van der Waals surface area contributed by atoms with Gasteiger partial charge in [-0.15, -0.1) is 0 Å². The number of aromatic nitrogens is 2. The largest absolute Gasteiger partial charge is 0.490 e. The number of carbonyl (C=O) groups excluding carboxylic acids is 2. The van der Waals surface area contributed by atoms with Gasteiger partial charge >= 0.3 is 0 Å². The number of nitrogens with one attached hydrogen (secondary N) is 2. The normalized spacial score (nSPS) is 14.9. The molecule has 2 amide bonds. The smallest absolute Gasteiger partial charge is 0.280 e. The third kappa shape index (κ3) is 5.07. The van der Waals surface area contributed by atoms with Gasteiger partial charge in [-0.25, -0.2) is 4.98 Å². The Bertz CT molecular complexity index is 1290. The number of nitriles is 1. The van der Waals surface area contributed by atoms with Gasteiger partial charge in [-0.05, 0) is 42.8 Å². The summed E-state index contributed by atoms with van der Waals surface area (Å²) in [6.07, 6.45) is 1.66. The van der Waals surface area contributed by atoms with E-state index in [2.05, 4.69) is 21.4 Å². The van der Waals surface area contributed by atoms with Gasteiger partial charge in [0.1, 0.15) is 17.9 Å². The molecule has 1 fully saturated rings. The van der Waals surface area contributed by atoms with Crippen LogP contribution in [0.2, 0.25) is 0 Å². The molecule has 0 aliphatic carbocycles. The number of H-pyrrole nitrogens is 1. The second-order valence-corrected chi connectivity index (χ2v) is 8.14. The van der Waals surface area contributed by atoms with Gasteiger partial charge in [-0.2, -0.15) is 5.26 Å². The summed E-state index contributed by atoms with van der Waals surface area (Å²) in [4.78, 5) is 46.7. The number of carbonyl (C=O) groups is 2. The first-order valence-corrected chi connectivity index (χ1v) is 11.2. The van der Waals surface area contributed by atoms with Crippen molar-refractivity contribution in [2.24, 2.45) is 0 Å². The van der Waals surface area contributed by atoms with Crippen LogP contribution >= 0.6 is 0 Å². The van der Waals surface area contributed by atoms with Crippen LogP contribution in [0.4, 0.5) is 0 Å². The lowest BCUT2D eigenvalue weighted by Crippen LogP contribution is -2.52. The van der Waals surface area contributed by atoms with E-state index in [0.29, 0.717) is 54.7 Å². The Kier molecular flexibility index (Phi) is 6.87. The molecule has 1 atom stereocenters. The highest BCUT2D eigenvalue weighted by molar-refractivity contribution is 5.97. The molecule has 1 aliphatic rings. The maximum Gasteiger partial charge on any atom is 0.280 e. The average Bonchev–Trinajstić information content (AvgIpc) is 2.87. The zero-order valence-corrected chi connectivity index (χ0v) is 18.8. The summed E-state index contributed by atoms with van der Waals surface area (Å²) in [5.74, 6) is -0.174. The fraction of sp³-hybridized carbons (Fsp3) is 0.320. The van der Waals surface area contributed by atoms with Crippen molar-refractivity contribution in [2.75, 3.05) is 13.1 Å². The third-order valence-electron chi connectivity index (χ3n) is 5.87. The van der Waals surface area contributed by atoms with Gasteiger partial charge in [-0.1, -0.05) is 19.1 Å². The van der Waals surface area contributed by atoms with Crippen LogP contribution in [0, 0.1) is 11.3 Å². The fourth-order valence-corrected chi connectivity index (χ4v) is 3.96. The molecule has 1 saturated heterocycles. The van der Waals surface area contributed by atoms with Gasteiger partial charge in [0.15, 0.2) is 5.69 Å². The Morgan fingerprint density at radius 1 is 1.21 bits per heavy atom. The van der Waals surface area contributed by atoms with E-state index >= 15 is 0 Å². The van der Waals surface area contributed by atoms with Crippen molar-refractivity contribution in [3.8, 4) is 11.8 Å². The molecule has 1 aromatic heterocycles. The number of nitrogens with zero attached hydrogens (tertiary/aromatic N) is 3. The summed E-state index contributed by atoms with van der Waals surface area (Å²) >= 11 is 0. The van der Waals surface area contributed by atoms with Crippen molar-refractivity contribution >= 4 is 22.8 Å². The molecule has 34 heavy (non-hydrogen) atoms. The van der Waals surface area contributed by atoms with Crippen LogP contribution in [-0.4, -0.2) is 51.9 Å². The molecular weight excluding hydrogens is 434 g/mol. The third-order valence-corrected chi connectivity index (χ3v) is 5.87. The summed E-state index contributed by atoms with van der Waals surface area (Å²) in [6, 6.07) is 15.2. The van der Waals surface area contributed by atoms with E-state index in [0.717, 1.165) is 0 Å². The lowest BCUT2D eigenvalue weighted by atomic mass is 10.1. The number of benzene rings is 2. The van der Waals surface area contributed by atoms with Crippen LogP contribution in [0.3, 0.4) is 0 Å². The standard InChI is InChI=1S/C25H25N5O4/c1-2-19(28-23(31)22-24(32)29-21-6-4-3-5-20(21)27-22)25(33)30-13-11-18(12-14-30)34-17-9-7-16(15-26)8-10-17/h3-10,18-19H,2,11-14H2,1H3,(H,28,31)(H,29,32)/t19-/m0/s1. The molecule has 0 bridgehead atoms.